The molecule has 0 atom stereocenters. The zero-order valence-corrected chi connectivity index (χ0v) is 9.65. The van der Waals surface area contributed by atoms with Crippen LogP contribution in [0.5, 0.6) is 11.5 Å². The van der Waals surface area contributed by atoms with Crippen molar-refractivity contribution in [3.63, 3.8) is 0 Å². The van der Waals surface area contributed by atoms with Crippen LogP contribution in [-0.2, 0) is 16.1 Å². The summed E-state index contributed by atoms with van der Waals surface area (Å²) in [6.45, 7) is 5.39. The molecule has 1 aromatic rings. The molecule has 2 N–H and O–H groups in total. The van der Waals surface area contributed by atoms with Gasteiger partial charge in [0, 0.05) is 0 Å². The van der Waals surface area contributed by atoms with E-state index in [1.165, 1.54) is 12.1 Å². The summed E-state index contributed by atoms with van der Waals surface area (Å²) in [5.74, 6) is -0.713. The van der Waals surface area contributed by atoms with Crippen molar-refractivity contribution in [1.82, 2.24) is 0 Å². The number of hydrogen-bond acceptors (Lipinski definition) is 4. The van der Waals surface area contributed by atoms with Crippen molar-refractivity contribution in [2.75, 3.05) is 0 Å². The van der Waals surface area contributed by atoms with E-state index in [0.29, 0.717) is 5.56 Å². The first-order valence-electron chi connectivity index (χ1n) is 4.99. The SMILES string of the molecule is CC(C)(C)C(=O)OCc1ccc(O)c(O)c1. The maximum absolute atomic E-state index is 11.5. The summed E-state index contributed by atoms with van der Waals surface area (Å²) in [5.41, 5.74) is 0.0896. The maximum atomic E-state index is 11.5. The molecule has 4 heteroatoms. The van der Waals surface area contributed by atoms with Crippen LogP contribution in [0, 0.1) is 5.41 Å². The topological polar surface area (TPSA) is 66.8 Å². The number of carbonyl (C=O) groups is 1. The highest BCUT2D eigenvalue weighted by atomic mass is 16.5. The van der Waals surface area contributed by atoms with Gasteiger partial charge in [0.2, 0.25) is 0 Å². The van der Waals surface area contributed by atoms with E-state index in [4.69, 9.17) is 9.84 Å². The summed E-state index contributed by atoms with van der Waals surface area (Å²) in [7, 11) is 0. The fourth-order valence-corrected chi connectivity index (χ4v) is 1.02. The zero-order chi connectivity index (χ0) is 12.3. The molecule has 0 amide bonds. The van der Waals surface area contributed by atoms with Crippen molar-refractivity contribution in [3.8, 4) is 11.5 Å². The Labute approximate surface area is 94.5 Å². The lowest BCUT2D eigenvalue weighted by atomic mass is 9.97. The van der Waals surface area contributed by atoms with Crippen LogP contribution >= 0.6 is 0 Å². The Bertz CT molecular complexity index is 390. The molecule has 0 bridgehead atoms. The van der Waals surface area contributed by atoms with Crippen molar-refractivity contribution in [2.45, 2.75) is 27.4 Å². The van der Waals surface area contributed by atoms with Crippen LogP contribution < -0.4 is 0 Å². The van der Waals surface area contributed by atoms with Gasteiger partial charge in [-0.1, -0.05) is 6.07 Å². The van der Waals surface area contributed by atoms with Crippen LogP contribution in [-0.4, -0.2) is 16.2 Å². The predicted octanol–water partition coefficient (Wildman–Crippen LogP) is 2.19. The summed E-state index contributed by atoms with van der Waals surface area (Å²) < 4.78 is 5.06. The number of phenolic OH excluding ortho intramolecular Hbond substituents is 2. The van der Waals surface area contributed by atoms with Crippen LogP contribution in [0.25, 0.3) is 0 Å². The molecule has 4 nitrogen and oxygen atoms in total. The molecule has 0 unspecified atom stereocenters. The van der Waals surface area contributed by atoms with Gasteiger partial charge in [0.25, 0.3) is 0 Å². The largest absolute Gasteiger partial charge is 0.504 e. The standard InChI is InChI=1S/C12H16O4/c1-12(2,3)11(15)16-7-8-4-5-9(13)10(14)6-8/h4-6,13-14H,7H2,1-3H3. The Morgan fingerprint density at radius 1 is 1.25 bits per heavy atom. The molecule has 0 aliphatic heterocycles. The minimum atomic E-state index is -0.543. The summed E-state index contributed by atoms with van der Waals surface area (Å²) in [4.78, 5) is 11.5. The van der Waals surface area contributed by atoms with Crippen molar-refractivity contribution < 1.29 is 19.7 Å². The van der Waals surface area contributed by atoms with Crippen molar-refractivity contribution in [1.29, 1.82) is 0 Å². The second kappa shape index (κ2) is 4.43. The van der Waals surface area contributed by atoms with Gasteiger partial charge in [-0.15, -0.1) is 0 Å². The van der Waals surface area contributed by atoms with Gasteiger partial charge in [0.15, 0.2) is 11.5 Å². The highest BCUT2D eigenvalue weighted by molar-refractivity contribution is 5.75. The van der Waals surface area contributed by atoms with Gasteiger partial charge < -0.3 is 14.9 Å². The van der Waals surface area contributed by atoms with E-state index in [0.717, 1.165) is 0 Å². The van der Waals surface area contributed by atoms with Crippen LogP contribution in [0.4, 0.5) is 0 Å². The second-order valence-electron chi connectivity index (χ2n) is 4.65. The van der Waals surface area contributed by atoms with Crippen molar-refractivity contribution in [2.24, 2.45) is 5.41 Å². The van der Waals surface area contributed by atoms with Gasteiger partial charge in [0.05, 0.1) is 5.41 Å². The molecule has 0 saturated carbocycles. The van der Waals surface area contributed by atoms with Gasteiger partial charge in [-0.25, -0.2) is 0 Å². The fourth-order valence-electron chi connectivity index (χ4n) is 1.02. The number of carbonyl (C=O) groups excluding carboxylic acids is 1. The van der Waals surface area contributed by atoms with E-state index in [2.05, 4.69) is 0 Å². The number of phenols is 2. The van der Waals surface area contributed by atoms with Gasteiger partial charge in [-0.3, -0.25) is 4.79 Å². The quantitative estimate of drug-likeness (QED) is 0.597. The molecular formula is C12H16O4. The van der Waals surface area contributed by atoms with Gasteiger partial charge >= 0.3 is 5.97 Å². The summed E-state index contributed by atoms with van der Waals surface area (Å²) in [6.07, 6.45) is 0. The molecule has 1 aromatic carbocycles. The molecule has 0 saturated heterocycles. The molecule has 0 heterocycles. The maximum Gasteiger partial charge on any atom is 0.311 e. The number of hydrogen-bond donors (Lipinski definition) is 2. The first-order chi connectivity index (χ1) is 7.30. The lowest BCUT2D eigenvalue weighted by molar-refractivity contribution is -0.154. The third-order valence-electron chi connectivity index (χ3n) is 2.02. The second-order valence-corrected chi connectivity index (χ2v) is 4.65. The molecule has 0 fully saturated rings. The van der Waals surface area contributed by atoms with Gasteiger partial charge in [-0.2, -0.15) is 0 Å². The minimum Gasteiger partial charge on any atom is -0.504 e. The van der Waals surface area contributed by atoms with Crippen LogP contribution in [0.1, 0.15) is 26.3 Å². The first-order valence-corrected chi connectivity index (χ1v) is 4.99. The van der Waals surface area contributed by atoms with E-state index in [-0.39, 0.29) is 24.1 Å². The van der Waals surface area contributed by atoms with Gasteiger partial charge in [-0.05, 0) is 38.5 Å². The molecule has 1 rings (SSSR count). The highest BCUT2D eigenvalue weighted by Gasteiger charge is 2.22. The van der Waals surface area contributed by atoms with Crippen LogP contribution in [0.2, 0.25) is 0 Å². The molecule has 0 aliphatic carbocycles. The average molecular weight is 224 g/mol. The highest BCUT2D eigenvalue weighted by Crippen LogP contribution is 2.25. The Hall–Kier alpha value is -1.71. The third kappa shape index (κ3) is 3.15. The Morgan fingerprint density at radius 2 is 1.88 bits per heavy atom. The fraction of sp³-hybridized carbons (Fsp3) is 0.417. The normalized spacial score (nSPS) is 11.2. The van der Waals surface area contributed by atoms with Gasteiger partial charge in [0.1, 0.15) is 6.61 Å². The molecule has 0 spiro atoms. The van der Waals surface area contributed by atoms with Crippen molar-refractivity contribution >= 4 is 5.97 Å². The van der Waals surface area contributed by atoms with E-state index in [1.807, 2.05) is 0 Å². The van der Waals surface area contributed by atoms with E-state index in [9.17, 15) is 9.90 Å². The Balaban J connectivity index is 2.62. The Morgan fingerprint density at radius 3 is 2.38 bits per heavy atom. The number of rotatable bonds is 2. The van der Waals surface area contributed by atoms with E-state index < -0.39 is 5.41 Å². The lowest BCUT2D eigenvalue weighted by Crippen LogP contribution is -2.22. The Kier molecular flexibility index (Phi) is 3.42. The van der Waals surface area contributed by atoms with E-state index in [1.54, 1.807) is 26.8 Å². The monoisotopic (exact) mass is 224 g/mol. The van der Waals surface area contributed by atoms with Crippen molar-refractivity contribution in [3.05, 3.63) is 23.8 Å². The average Bonchev–Trinajstić information content (AvgIpc) is 2.18. The summed E-state index contributed by atoms with van der Waals surface area (Å²) in [5, 5.41) is 18.3. The molecule has 16 heavy (non-hydrogen) atoms. The van der Waals surface area contributed by atoms with E-state index >= 15 is 0 Å². The molecule has 0 radical (unpaired) electrons. The lowest BCUT2D eigenvalue weighted by Gasteiger charge is -2.16. The van der Waals surface area contributed by atoms with Crippen LogP contribution in [0.3, 0.4) is 0 Å². The minimum absolute atomic E-state index is 0.0872. The number of benzene rings is 1. The summed E-state index contributed by atoms with van der Waals surface area (Å²) >= 11 is 0. The molecule has 0 aromatic heterocycles. The predicted molar refractivity (Wildman–Crippen MR) is 59.0 cm³/mol. The summed E-state index contributed by atoms with van der Waals surface area (Å²) in [6, 6.07) is 4.31. The zero-order valence-electron chi connectivity index (χ0n) is 9.65. The molecular weight excluding hydrogens is 208 g/mol. The molecule has 88 valence electrons. The number of ether oxygens (including phenoxy) is 1. The first kappa shape index (κ1) is 12.4. The number of esters is 1. The van der Waals surface area contributed by atoms with Crippen LogP contribution in [0.15, 0.2) is 18.2 Å². The smallest absolute Gasteiger partial charge is 0.311 e. The molecule has 0 aliphatic rings. The number of aromatic hydroxyl groups is 2. The third-order valence-corrected chi connectivity index (χ3v) is 2.02.